The Kier molecular flexibility index (Phi) is 9.25. The van der Waals surface area contributed by atoms with E-state index in [9.17, 15) is 9.90 Å². The van der Waals surface area contributed by atoms with Gasteiger partial charge in [0, 0.05) is 48.7 Å². The molecule has 1 aromatic heterocycles. The second-order valence-electron chi connectivity index (χ2n) is 13.3. The first kappa shape index (κ1) is 30.7. The number of carboxylic acid groups (broad SMARTS) is 1. The quantitative estimate of drug-likeness (QED) is 0.283. The SMILES string of the molecule is Cc1ccc(CNCc2ccc(-c3c(C)nc(C)c([C@H](OC(C)(C)C)C(=O)O)c3N3CCC(C)(C)CC3)cc2)cc1. The van der Waals surface area contributed by atoms with Crippen LogP contribution in [0.3, 0.4) is 0 Å². The molecule has 6 nitrogen and oxygen atoms in total. The first-order valence-corrected chi connectivity index (χ1v) is 14.8. The molecule has 6 heteroatoms. The number of pyridine rings is 1. The highest BCUT2D eigenvalue weighted by Gasteiger charge is 2.36. The maximum absolute atomic E-state index is 12.7. The molecule has 2 N–H and O–H groups in total. The van der Waals surface area contributed by atoms with Crippen LogP contribution in [0, 0.1) is 26.2 Å². The van der Waals surface area contributed by atoms with Gasteiger partial charge in [0.1, 0.15) is 0 Å². The van der Waals surface area contributed by atoms with Crippen LogP contribution in [0.5, 0.6) is 0 Å². The molecule has 2 aromatic carbocycles. The largest absolute Gasteiger partial charge is 0.479 e. The van der Waals surface area contributed by atoms with E-state index in [4.69, 9.17) is 9.72 Å². The minimum Gasteiger partial charge on any atom is -0.479 e. The van der Waals surface area contributed by atoms with E-state index in [1.807, 2.05) is 34.6 Å². The molecule has 0 unspecified atom stereocenters. The lowest BCUT2D eigenvalue weighted by Crippen LogP contribution is -2.39. The number of ether oxygens (including phenoxy) is 1. The van der Waals surface area contributed by atoms with Gasteiger partial charge in [-0.2, -0.15) is 0 Å². The molecule has 0 aliphatic carbocycles. The van der Waals surface area contributed by atoms with Crippen molar-refractivity contribution in [3.63, 3.8) is 0 Å². The maximum Gasteiger partial charge on any atom is 0.337 e. The molecule has 2 heterocycles. The van der Waals surface area contributed by atoms with E-state index < -0.39 is 17.7 Å². The van der Waals surface area contributed by atoms with Gasteiger partial charge < -0.3 is 20.1 Å². The summed E-state index contributed by atoms with van der Waals surface area (Å²) in [4.78, 5) is 20.0. The third kappa shape index (κ3) is 7.75. The Hall–Kier alpha value is -3.22. The lowest BCUT2D eigenvalue weighted by atomic mass is 9.81. The number of hydrogen-bond acceptors (Lipinski definition) is 5. The van der Waals surface area contributed by atoms with Gasteiger partial charge >= 0.3 is 5.97 Å². The zero-order chi connectivity index (χ0) is 29.9. The van der Waals surface area contributed by atoms with E-state index in [2.05, 4.69) is 79.5 Å². The zero-order valence-electron chi connectivity index (χ0n) is 26.1. The van der Waals surface area contributed by atoms with Crippen LogP contribution in [0.25, 0.3) is 11.1 Å². The number of piperidine rings is 1. The van der Waals surface area contributed by atoms with Crippen LogP contribution in [0.4, 0.5) is 5.69 Å². The van der Waals surface area contributed by atoms with E-state index in [1.165, 1.54) is 16.7 Å². The molecule has 0 radical (unpaired) electrons. The molecule has 1 atom stereocenters. The average Bonchev–Trinajstić information content (AvgIpc) is 2.88. The molecule has 0 bridgehead atoms. The molecule has 0 saturated carbocycles. The van der Waals surface area contributed by atoms with Gasteiger partial charge in [0.15, 0.2) is 6.10 Å². The molecule has 1 aliphatic rings. The van der Waals surface area contributed by atoms with E-state index in [1.54, 1.807) is 0 Å². The Morgan fingerprint density at radius 1 is 0.951 bits per heavy atom. The van der Waals surface area contributed by atoms with Gasteiger partial charge in [0.2, 0.25) is 0 Å². The fourth-order valence-electron chi connectivity index (χ4n) is 5.60. The van der Waals surface area contributed by atoms with E-state index in [-0.39, 0.29) is 5.41 Å². The zero-order valence-corrected chi connectivity index (χ0v) is 26.1. The highest BCUT2D eigenvalue weighted by molar-refractivity contribution is 5.88. The fourth-order valence-corrected chi connectivity index (χ4v) is 5.60. The number of nitrogens with zero attached hydrogens (tertiary/aromatic N) is 2. The number of aryl methyl sites for hydroxylation is 3. The summed E-state index contributed by atoms with van der Waals surface area (Å²) in [5.41, 5.74) is 8.61. The Morgan fingerprint density at radius 2 is 1.49 bits per heavy atom. The van der Waals surface area contributed by atoms with E-state index >= 15 is 0 Å². The van der Waals surface area contributed by atoms with Crippen LogP contribution in [0.15, 0.2) is 48.5 Å². The van der Waals surface area contributed by atoms with Crippen molar-refractivity contribution in [3.8, 4) is 11.1 Å². The number of aliphatic carboxylic acids is 1. The predicted molar refractivity (Wildman–Crippen MR) is 167 cm³/mol. The Morgan fingerprint density at radius 3 is 2.00 bits per heavy atom. The number of rotatable bonds is 9. The van der Waals surface area contributed by atoms with Crippen LogP contribution in [0.2, 0.25) is 0 Å². The number of benzene rings is 2. The third-order valence-electron chi connectivity index (χ3n) is 7.99. The minimum absolute atomic E-state index is 0.259. The summed E-state index contributed by atoms with van der Waals surface area (Å²) in [5, 5.41) is 13.9. The van der Waals surface area contributed by atoms with Gasteiger partial charge in [-0.25, -0.2) is 4.79 Å². The van der Waals surface area contributed by atoms with E-state index in [0.29, 0.717) is 11.3 Å². The highest BCUT2D eigenvalue weighted by Crippen LogP contribution is 2.44. The predicted octanol–water partition coefficient (Wildman–Crippen LogP) is 7.53. The van der Waals surface area contributed by atoms with Gasteiger partial charge in [0.25, 0.3) is 0 Å². The van der Waals surface area contributed by atoms with Gasteiger partial charge in [-0.1, -0.05) is 67.9 Å². The summed E-state index contributed by atoms with van der Waals surface area (Å²) < 4.78 is 6.20. The molecule has 0 amide bonds. The highest BCUT2D eigenvalue weighted by atomic mass is 16.5. The standard InChI is InChI=1S/C35H47N3O3/c1-23-9-11-26(12-10-23)21-36-22-27-13-15-28(16-14-27)29-24(2)37-25(3)30(32(33(39)40)41-34(4,5)6)31(29)38-19-17-35(7,8)18-20-38/h9-16,32,36H,17-22H2,1-8H3,(H,39,40)/t32-/m0/s1. The Balaban J connectivity index is 1.71. The lowest BCUT2D eigenvalue weighted by molar-refractivity contribution is -0.160. The van der Waals surface area contributed by atoms with E-state index in [0.717, 1.165) is 61.5 Å². The summed E-state index contributed by atoms with van der Waals surface area (Å²) in [6.07, 6.45) is 0.961. The number of aromatic nitrogens is 1. The molecule has 1 saturated heterocycles. The number of carboxylic acids is 1. The molecule has 41 heavy (non-hydrogen) atoms. The van der Waals surface area contributed by atoms with Gasteiger partial charge in [-0.15, -0.1) is 0 Å². The van der Waals surface area contributed by atoms with Crippen molar-refractivity contribution in [2.45, 2.75) is 93.0 Å². The van der Waals surface area contributed by atoms with Crippen molar-refractivity contribution in [1.29, 1.82) is 0 Å². The number of anilines is 1. The first-order valence-electron chi connectivity index (χ1n) is 14.8. The molecule has 1 fully saturated rings. The smallest absolute Gasteiger partial charge is 0.337 e. The van der Waals surface area contributed by atoms with Crippen LogP contribution >= 0.6 is 0 Å². The molecular formula is C35H47N3O3. The van der Waals surface area contributed by atoms with Crippen molar-refractivity contribution >= 4 is 11.7 Å². The van der Waals surface area contributed by atoms with Crippen molar-refractivity contribution in [2.24, 2.45) is 5.41 Å². The monoisotopic (exact) mass is 557 g/mol. The molecule has 1 aliphatic heterocycles. The molecule has 0 spiro atoms. The first-order chi connectivity index (χ1) is 19.2. The maximum atomic E-state index is 12.7. The van der Waals surface area contributed by atoms with Gasteiger partial charge in [0.05, 0.1) is 11.3 Å². The van der Waals surface area contributed by atoms with Gasteiger partial charge in [-0.3, -0.25) is 4.98 Å². The number of carbonyl (C=O) groups is 1. The number of nitrogens with one attached hydrogen (secondary N) is 1. The van der Waals surface area contributed by atoms with Crippen LogP contribution in [-0.2, 0) is 22.6 Å². The molecular weight excluding hydrogens is 510 g/mol. The molecule has 4 rings (SSSR count). The van der Waals surface area contributed by atoms with Crippen molar-refractivity contribution in [1.82, 2.24) is 10.3 Å². The summed E-state index contributed by atoms with van der Waals surface area (Å²) in [6.45, 7) is 19.6. The normalized spacial score (nSPS) is 16.0. The molecule has 220 valence electrons. The second kappa shape index (κ2) is 12.3. The van der Waals surface area contributed by atoms with Crippen molar-refractivity contribution in [2.75, 3.05) is 18.0 Å². The Labute approximate surface area is 246 Å². The summed E-state index contributed by atoms with van der Waals surface area (Å²) in [7, 11) is 0. The van der Waals surface area contributed by atoms with Crippen LogP contribution in [0.1, 0.15) is 87.2 Å². The average molecular weight is 558 g/mol. The van der Waals surface area contributed by atoms with Crippen LogP contribution < -0.4 is 10.2 Å². The Bertz CT molecular complexity index is 1350. The van der Waals surface area contributed by atoms with Crippen molar-refractivity contribution < 1.29 is 14.6 Å². The van der Waals surface area contributed by atoms with Gasteiger partial charge in [-0.05, 0) is 76.5 Å². The second-order valence-corrected chi connectivity index (χ2v) is 13.3. The fraction of sp³-hybridized carbons (Fsp3) is 0.486. The summed E-state index contributed by atoms with van der Waals surface area (Å²) >= 11 is 0. The van der Waals surface area contributed by atoms with Crippen molar-refractivity contribution in [3.05, 3.63) is 82.2 Å². The third-order valence-corrected chi connectivity index (χ3v) is 7.99. The number of hydrogen-bond donors (Lipinski definition) is 2. The minimum atomic E-state index is -1.11. The molecule has 3 aromatic rings. The topological polar surface area (TPSA) is 74.7 Å². The van der Waals surface area contributed by atoms with Crippen LogP contribution in [-0.4, -0.2) is 34.8 Å². The lowest BCUT2D eigenvalue weighted by Gasteiger charge is -2.41. The summed E-state index contributed by atoms with van der Waals surface area (Å²) in [6, 6.07) is 17.2. The summed E-state index contributed by atoms with van der Waals surface area (Å²) in [5.74, 6) is -0.992.